The maximum Gasteiger partial charge on any atom is 0.282 e. The third-order valence-corrected chi connectivity index (χ3v) is 4.18. The van der Waals surface area contributed by atoms with Crippen molar-refractivity contribution in [3.05, 3.63) is 65.2 Å². The molecule has 4 heteroatoms. The summed E-state index contributed by atoms with van der Waals surface area (Å²) >= 11 is 5.86. The van der Waals surface area contributed by atoms with Crippen molar-refractivity contribution in [2.24, 2.45) is 5.92 Å². The van der Waals surface area contributed by atoms with E-state index in [4.69, 9.17) is 11.6 Å². The summed E-state index contributed by atoms with van der Waals surface area (Å²) in [6.45, 7) is 6.29. The number of benzene rings is 2. The summed E-state index contributed by atoms with van der Waals surface area (Å²) in [7, 11) is 0. The Kier molecular flexibility index (Phi) is 6.20. The van der Waals surface area contributed by atoms with Gasteiger partial charge in [-0.1, -0.05) is 55.8 Å². The van der Waals surface area contributed by atoms with Crippen LogP contribution in [0, 0.1) is 5.92 Å². The first kappa shape index (κ1) is 17.5. The number of nitrogens with one attached hydrogen (secondary N) is 1. The normalized spacial score (nSPS) is 13.6. The smallest absolute Gasteiger partial charge is 0.282 e. The van der Waals surface area contributed by atoms with E-state index in [0.29, 0.717) is 10.9 Å². The number of rotatable bonds is 6. The van der Waals surface area contributed by atoms with Crippen LogP contribution in [0.15, 0.2) is 54.6 Å². The fourth-order valence-electron chi connectivity index (χ4n) is 2.58. The lowest BCUT2D eigenvalue weighted by molar-refractivity contribution is -0.718. The number of carbonyl (C=O) groups is 1. The zero-order valence-electron chi connectivity index (χ0n) is 13.8. The highest BCUT2D eigenvalue weighted by Gasteiger charge is 2.25. The van der Waals surface area contributed by atoms with Gasteiger partial charge in [0.15, 0.2) is 6.04 Å². The molecule has 0 aliphatic heterocycles. The SMILES string of the molecule is CC(C)[C@@H]([NH2+][C@@H](C)C(=O)Nc1ccc(Cl)cc1)c1ccccc1. The van der Waals surface area contributed by atoms with Crippen LogP contribution < -0.4 is 10.6 Å². The maximum atomic E-state index is 12.4. The van der Waals surface area contributed by atoms with Crippen LogP contribution in [-0.4, -0.2) is 11.9 Å². The first-order chi connectivity index (χ1) is 11.0. The second-order valence-electron chi connectivity index (χ2n) is 6.16. The summed E-state index contributed by atoms with van der Waals surface area (Å²) in [6.07, 6.45) is 0. The van der Waals surface area contributed by atoms with E-state index < -0.39 is 0 Å². The molecule has 0 aromatic heterocycles. The first-order valence-corrected chi connectivity index (χ1v) is 8.31. The van der Waals surface area contributed by atoms with Crippen LogP contribution in [0.1, 0.15) is 32.4 Å². The van der Waals surface area contributed by atoms with Crippen LogP contribution >= 0.6 is 11.6 Å². The van der Waals surface area contributed by atoms with E-state index >= 15 is 0 Å². The van der Waals surface area contributed by atoms with Gasteiger partial charge < -0.3 is 10.6 Å². The average molecular weight is 332 g/mol. The van der Waals surface area contributed by atoms with E-state index in [9.17, 15) is 4.79 Å². The number of quaternary nitrogens is 1. The van der Waals surface area contributed by atoms with Crippen molar-refractivity contribution in [3.63, 3.8) is 0 Å². The predicted octanol–water partition coefficient (Wildman–Crippen LogP) is 3.63. The van der Waals surface area contributed by atoms with E-state index in [0.717, 1.165) is 5.69 Å². The van der Waals surface area contributed by atoms with Gasteiger partial charge in [0.25, 0.3) is 5.91 Å². The Balaban J connectivity index is 2.02. The summed E-state index contributed by atoms with van der Waals surface area (Å²) in [6, 6.07) is 17.6. The van der Waals surface area contributed by atoms with Gasteiger partial charge in [-0.15, -0.1) is 0 Å². The Morgan fingerprint density at radius 3 is 2.17 bits per heavy atom. The molecule has 2 rings (SSSR count). The minimum Gasteiger partial charge on any atom is -0.330 e. The Morgan fingerprint density at radius 2 is 1.61 bits per heavy atom. The van der Waals surface area contributed by atoms with Crippen molar-refractivity contribution in [3.8, 4) is 0 Å². The molecule has 0 saturated heterocycles. The van der Waals surface area contributed by atoms with Crippen molar-refractivity contribution in [2.75, 3.05) is 5.32 Å². The van der Waals surface area contributed by atoms with Crippen LogP contribution in [0.2, 0.25) is 5.02 Å². The number of hydrogen-bond acceptors (Lipinski definition) is 1. The van der Waals surface area contributed by atoms with E-state index in [1.54, 1.807) is 12.1 Å². The summed E-state index contributed by atoms with van der Waals surface area (Å²) in [5.74, 6) is 0.428. The van der Waals surface area contributed by atoms with Gasteiger partial charge in [0.2, 0.25) is 0 Å². The van der Waals surface area contributed by atoms with Crippen molar-refractivity contribution >= 4 is 23.2 Å². The minimum absolute atomic E-state index is 0.00564. The predicted molar refractivity (Wildman–Crippen MR) is 95.5 cm³/mol. The fraction of sp³-hybridized carbons (Fsp3) is 0.316. The van der Waals surface area contributed by atoms with E-state index in [-0.39, 0.29) is 18.0 Å². The monoisotopic (exact) mass is 331 g/mol. The summed E-state index contributed by atoms with van der Waals surface area (Å²) < 4.78 is 0. The van der Waals surface area contributed by atoms with Crippen LogP contribution in [0.5, 0.6) is 0 Å². The summed E-state index contributed by atoms with van der Waals surface area (Å²) in [5.41, 5.74) is 2.01. The van der Waals surface area contributed by atoms with Gasteiger partial charge >= 0.3 is 0 Å². The zero-order chi connectivity index (χ0) is 16.8. The molecule has 2 aromatic carbocycles. The van der Waals surface area contributed by atoms with Gasteiger partial charge in [-0.3, -0.25) is 4.79 Å². The third kappa shape index (κ3) is 5.08. The highest BCUT2D eigenvalue weighted by molar-refractivity contribution is 6.30. The first-order valence-electron chi connectivity index (χ1n) is 7.93. The van der Waals surface area contributed by atoms with Crippen molar-refractivity contribution < 1.29 is 10.1 Å². The molecule has 0 heterocycles. The molecule has 2 aromatic rings. The number of carbonyl (C=O) groups excluding carboxylic acids is 1. The van der Waals surface area contributed by atoms with Gasteiger partial charge in [-0.25, -0.2) is 0 Å². The van der Waals surface area contributed by atoms with Gasteiger partial charge in [-0.2, -0.15) is 0 Å². The Labute approximate surface area is 143 Å². The standard InChI is InChI=1S/C19H23ClN2O/c1-13(2)18(15-7-5-4-6-8-15)21-14(3)19(23)22-17-11-9-16(20)10-12-17/h4-14,18,21H,1-3H3,(H,22,23)/p+1/t14-,18+/m0/s1. The molecular weight excluding hydrogens is 308 g/mol. The molecule has 2 atom stereocenters. The highest BCUT2D eigenvalue weighted by Crippen LogP contribution is 2.17. The lowest BCUT2D eigenvalue weighted by Crippen LogP contribution is -2.93. The lowest BCUT2D eigenvalue weighted by atomic mass is 9.95. The van der Waals surface area contributed by atoms with E-state index in [1.165, 1.54) is 5.56 Å². The second kappa shape index (κ2) is 8.14. The molecule has 23 heavy (non-hydrogen) atoms. The molecule has 3 nitrogen and oxygen atoms in total. The number of anilines is 1. The van der Waals surface area contributed by atoms with Gasteiger partial charge in [0, 0.05) is 22.2 Å². The number of hydrogen-bond donors (Lipinski definition) is 2. The Morgan fingerprint density at radius 1 is 1.00 bits per heavy atom. The highest BCUT2D eigenvalue weighted by atomic mass is 35.5. The third-order valence-electron chi connectivity index (χ3n) is 3.92. The largest absolute Gasteiger partial charge is 0.330 e. The molecule has 0 radical (unpaired) electrons. The molecule has 0 unspecified atom stereocenters. The molecule has 0 aliphatic rings. The number of halogens is 1. The average Bonchev–Trinajstić information content (AvgIpc) is 2.55. The molecule has 0 bridgehead atoms. The van der Waals surface area contributed by atoms with Gasteiger partial charge in [0.1, 0.15) is 6.04 Å². The lowest BCUT2D eigenvalue weighted by Gasteiger charge is -2.23. The molecular formula is C19H24ClN2O+. The molecule has 3 N–H and O–H groups in total. The van der Waals surface area contributed by atoms with Crippen LogP contribution in [0.25, 0.3) is 0 Å². The van der Waals surface area contributed by atoms with Gasteiger partial charge in [-0.05, 0) is 31.2 Å². The molecule has 122 valence electrons. The summed E-state index contributed by atoms with van der Waals surface area (Å²) in [5, 5.41) is 5.72. The van der Waals surface area contributed by atoms with Crippen molar-refractivity contribution in [1.82, 2.24) is 0 Å². The molecule has 0 fully saturated rings. The minimum atomic E-state index is -0.182. The quantitative estimate of drug-likeness (QED) is 0.834. The van der Waals surface area contributed by atoms with Crippen LogP contribution in [-0.2, 0) is 4.79 Å². The molecule has 1 amide bonds. The van der Waals surface area contributed by atoms with E-state index in [2.05, 4.69) is 36.6 Å². The molecule has 0 aliphatic carbocycles. The van der Waals surface area contributed by atoms with Crippen LogP contribution in [0.4, 0.5) is 5.69 Å². The fourth-order valence-corrected chi connectivity index (χ4v) is 2.71. The van der Waals surface area contributed by atoms with Crippen molar-refractivity contribution in [2.45, 2.75) is 32.9 Å². The molecule has 0 spiro atoms. The summed E-state index contributed by atoms with van der Waals surface area (Å²) in [4.78, 5) is 12.4. The number of amides is 1. The molecule has 0 saturated carbocycles. The topological polar surface area (TPSA) is 45.7 Å². The van der Waals surface area contributed by atoms with Crippen molar-refractivity contribution in [1.29, 1.82) is 0 Å². The second-order valence-corrected chi connectivity index (χ2v) is 6.59. The van der Waals surface area contributed by atoms with E-state index in [1.807, 2.05) is 37.3 Å². The Bertz CT molecular complexity index is 626. The van der Waals surface area contributed by atoms with Crippen LogP contribution in [0.3, 0.4) is 0 Å². The Hall–Kier alpha value is -1.84. The zero-order valence-corrected chi connectivity index (χ0v) is 14.5. The maximum absolute atomic E-state index is 12.4. The van der Waals surface area contributed by atoms with Gasteiger partial charge in [0.05, 0.1) is 0 Å². The number of nitrogens with two attached hydrogens (primary N) is 1.